The number of hydrogen-bond acceptors (Lipinski definition) is 18. The minimum absolute atomic E-state index is 0. The first-order valence-corrected chi connectivity index (χ1v) is 44.8. The second-order valence-electron chi connectivity index (χ2n) is 25.9. The summed E-state index contributed by atoms with van der Waals surface area (Å²) in [4.78, 5) is 131. The van der Waals surface area contributed by atoms with Crippen molar-refractivity contribution in [2.45, 2.75) is 96.1 Å². The molecule has 8 heterocycles. The van der Waals surface area contributed by atoms with Crippen molar-refractivity contribution < 1.29 is 261 Å². The van der Waals surface area contributed by atoms with Gasteiger partial charge in [-0.05, 0) is 0 Å². The SMILES string of the molecule is C[Si](C)(CCCNC(=O)CCCCC(=O)[O-])O[Si-2]123(O[Si](C)(C)CCCNC(=O)C[N+](CCCP(=O)([O-])[O-])(CCCP(=O)([O-])[O-])CCCP(=O)([O-])O)n4c5c6ccccc6c4N=C4c6ccccc6C(=[N+]41)N=c1c4ccccc4c(n12)=NC1=[N+]3C(=N5)c2ccccc21.[Na+].[Na+].[Na+].[Na+].[Na+].[Na+]. The van der Waals surface area contributed by atoms with Crippen molar-refractivity contribution in [3.8, 4) is 0 Å². The van der Waals surface area contributed by atoms with Crippen LogP contribution in [0.3, 0.4) is 0 Å². The van der Waals surface area contributed by atoms with E-state index < -0.39 is 84.1 Å². The molecule has 484 valence electrons. The number of benzene rings is 4. The summed E-state index contributed by atoms with van der Waals surface area (Å²) >= 11 is 0. The molecule has 6 aromatic rings. The van der Waals surface area contributed by atoms with Crippen molar-refractivity contribution in [2.24, 2.45) is 20.0 Å². The number of rotatable bonds is 31. The summed E-state index contributed by atoms with van der Waals surface area (Å²) in [6.45, 7) is 8.03. The average molecular weight is 1490 g/mol. The van der Waals surface area contributed by atoms with Gasteiger partial charge in [-0.1, -0.05) is 15.2 Å². The van der Waals surface area contributed by atoms with E-state index in [-0.39, 0.29) is 246 Å². The number of carboxylic acid groups (broad SMARTS) is 1. The van der Waals surface area contributed by atoms with Gasteiger partial charge in [0, 0.05) is 0 Å². The molecule has 2 aromatic heterocycles. The van der Waals surface area contributed by atoms with Crippen molar-refractivity contribution in [2.75, 3.05) is 57.8 Å². The van der Waals surface area contributed by atoms with Crippen LogP contribution in [0.4, 0.5) is 11.6 Å². The summed E-state index contributed by atoms with van der Waals surface area (Å²) in [5, 5.41) is 20.3. The van der Waals surface area contributed by atoms with Crippen LogP contribution in [-0.2, 0) is 36.3 Å². The number of amidine groups is 4. The minimum atomic E-state index is -7.18. The molecule has 1 spiro atoms. The van der Waals surface area contributed by atoms with Gasteiger partial charge in [-0.3, -0.25) is 0 Å². The summed E-state index contributed by atoms with van der Waals surface area (Å²) in [6, 6.07) is 32.8. The van der Waals surface area contributed by atoms with Crippen molar-refractivity contribution in [1.29, 1.82) is 0 Å². The summed E-state index contributed by atoms with van der Waals surface area (Å²) < 4.78 is 62.4. The Morgan fingerprint density at radius 2 is 0.907 bits per heavy atom. The topological polar surface area (TPSA) is 369 Å². The Bertz CT molecular complexity index is 4320. The van der Waals surface area contributed by atoms with Gasteiger partial charge in [0.25, 0.3) is 0 Å². The Kier molecular flexibility index (Phi) is 28.2. The van der Waals surface area contributed by atoms with Crippen LogP contribution in [0.5, 0.6) is 0 Å². The molecule has 38 heteroatoms. The van der Waals surface area contributed by atoms with Crippen molar-refractivity contribution in [3.63, 3.8) is 0 Å². The van der Waals surface area contributed by atoms with Gasteiger partial charge in [0.15, 0.2) is 0 Å². The van der Waals surface area contributed by atoms with Gasteiger partial charge in [-0.25, -0.2) is 0 Å². The number of fused-ring (bicyclic) bond motifs is 12. The average Bonchev–Trinajstić information content (AvgIpc) is 1.49. The number of amides is 2. The van der Waals surface area contributed by atoms with E-state index in [0.717, 1.165) is 43.8 Å². The fourth-order valence-corrected chi connectivity index (χ4v) is 39.0. The van der Waals surface area contributed by atoms with E-state index in [0.29, 0.717) is 90.3 Å². The Labute approximate surface area is 696 Å². The van der Waals surface area contributed by atoms with Gasteiger partial charge in [-0.15, -0.1) is 0 Å². The monoisotopic (exact) mass is 1490 g/mol. The van der Waals surface area contributed by atoms with E-state index in [1.807, 2.05) is 97.1 Å². The molecule has 1 atom stereocenters. The summed E-state index contributed by atoms with van der Waals surface area (Å²) in [5.41, 5.74) is 4.17. The molecule has 2 amide bonds. The van der Waals surface area contributed by atoms with Gasteiger partial charge < -0.3 is 53.0 Å². The third-order valence-corrected chi connectivity index (χ3v) is 37.7. The Balaban J connectivity index is 0.00000248. The fourth-order valence-electron chi connectivity index (χ4n) is 15.1. The summed E-state index contributed by atoms with van der Waals surface area (Å²) in [6.07, 6.45) is -1.49. The van der Waals surface area contributed by atoms with Crippen LogP contribution in [0.15, 0.2) is 117 Å². The van der Waals surface area contributed by atoms with Crippen LogP contribution < -0.4 is 229 Å². The smallest absolute Gasteiger partial charge is 1.00 e. The summed E-state index contributed by atoms with van der Waals surface area (Å²) in [7, 11) is -29.1. The molecule has 0 bridgehead atoms. The molecule has 0 saturated carbocycles. The number of quaternary nitrogens is 1. The molecule has 0 aliphatic carbocycles. The van der Waals surface area contributed by atoms with E-state index in [1.54, 1.807) is 0 Å². The van der Waals surface area contributed by atoms with Crippen LogP contribution in [-0.4, -0.2) is 150 Å². The molecule has 0 fully saturated rings. The number of carbonyl (C=O) groups excluding carboxylic acids is 3. The Hall–Kier alpha value is -0.369. The number of nitrogens with zero attached hydrogens (tertiary/aromatic N) is 9. The molecular formula is C59H71N11Na6O15P3Si3+. The quantitative estimate of drug-likeness (QED) is 0.0158. The third-order valence-electron chi connectivity index (χ3n) is 18.4. The van der Waals surface area contributed by atoms with Gasteiger partial charge in [0.2, 0.25) is 0 Å². The largest absolute Gasteiger partial charge is 1.00 e. The predicted molar refractivity (Wildman–Crippen MR) is 335 cm³/mol. The van der Waals surface area contributed by atoms with Crippen molar-refractivity contribution in [3.05, 3.63) is 130 Å². The molecule has 3 N–H and O–H groups in total. The standard InChI is InChI=1S/C59H76N11O15P3Si3.6Na/c1-89(2,38-15-30-60-49(71)28-13-14-29-51(73)74)84-91(85-90(3,4)39-16-31-61-50(72)40-70(32-17-35-86(75,76)77,33-18-36-87(78,79)80)34-19-37-88(81,82)83)66-52-41-20-5-6-21-42(41)53(66)63-55-45-24-9-10-25-46(45)57(68(55)91)65-59-48-27-12-11-26-47(48)58(69(59)91)64-56-44-23-8-7-22-43(44)54(62-52)67(56)91;;;;;;/h5-12,20-27H,13-19,28-40H2,1-4H3,(H8-,60,61,71,72,73,74,75,76,77,78,79,80,81,82,83);;;;;;/q;6*+1/p-5. The number of aliphatic carboxylic acids is 1. The maximum Gasteiger partial charge on any atom is 1.00 e. The molecule has 4 aromatic carbocycles. The fraction of sp³-hybridized carbons (Fsp3) is 0.407. The molecule has 0 radical (unpaired) electrons. The molecule has 6 aliphatic heterocycles. The van der Waals surface area contributed by atoms with Gasteiger partial charge in [-0.2, -0.15) is 0 Å². The normalized spacial score (nSPS) is 17.1. The number of aromatic nitrogens is 2. The maximum atomic E-state index is 14.5. The maximum absolute atomic E-state index is 14.5. The molecule has 6 aliphatic rings. The van der Waals surface area contributed by atoms with Crippen LogP contribution in [0, 0.1) is 0 Å². The van der Waals surface area contributed by atoms with Crippen LogP contribution in [0.1, 0.15) is 80.0 Å². The molecule has 12 rings (SSSR count). The van der Waals surface area contributed by atoms with E-state index in [4.69, 9.17) is 24.1 Å². The number of carboxylic acids is 1. The second-order valence-corrected chi connectivity index (χ2v) is 45.3. The number of nitrogens with one attached hydrogen (secondary N) is 2. The zero-order valence-corrected chi connectivity index (χ0v) is 74.6. The number of unbranched alkanes of at least 4 members (excludes halogenated alkanes) is 1. The van der Waals surface area contributed by atoms with Crippen molar-refractivity contribution in [1.82, 2.24) is 19.1 Å². The van der Waals surface area contributed by atoms with E-state index in [2.05, 4.69) is 53.8 Å². The minimum Gasteiger partial charge on any atom is 1.00 e. The first-order valence-electron chi connectivity index (χ1n) is 30.8. The molecule has 1 unspecified atom stereocenters. The van der Waals surface area contributed by atoms with E-state index in [1.165, 1.54) is 0 Å². The molecule has 26 nitrogen and oxygen atoms in total. The zero-order valence-electron chi connectivity index (χ0n) is 56.9. The number of hydrogen-bond donors (Lipinski definition) is 3. The van der Waals surface area contributed by atoms with E-state index >= 15 is 0 Å². The first kappa shape index (κ1) is 85.6. The molecular weight excluding hydrogens is 1420 g/mol. The Morgan fingerprint density at radius 1 is 0.526 bits per heavy atom. The van der Waals surface area contributed by atoms with Gasteiger partial charge >= 0.3 is 630 Å². The Morgan fingerprint density at radius 3 is 1.32 bits per heavy atom. The third kappa shape index (κ3) is 15.6. The van der Waals surface area contributed by atoms with Gasteiger partial charge in [0.05, 0.1) is 0 Å². The van der Waals surface area contributed by atoms with Crippen LogP contribution >= 0.6 is 22.8 Å². The molecule has 97 heavy (non-hydrogen) atoms. The van der Waals surface area contributed by atoms with Crippen LogP contribution in [0.2, 0.25) is 38.3 Å². The van der Waals surface area contributed by atoms with Crippen LogP contribution in [0.25, 0.3) is 21.5 Å². The number of aliphatic imine (C=N–C) groups is 2. The van der Waals surface area contributed by atoms with Crippen molar-refractivity contribution >= 4 is 121 Å². The first-order chi connectivity index (χ1) is 43.0. The van der Waals surface area contributed by atoms with Gasteiger partial charge in [0.1, 0.15) is 7.60 Å². The predicted octanol–water partition coefficient (Wildman–Crippen LogP) is -16.5. The summed E-state index contributed by atoms with van der Waals surface area (Å²) in [5.74, 6) is 1.25. The number of carbonyl (C=O) groups is 3. The molecule has 0 saturated heterocycles. The zero-order chi connectivity index (χ0) is 64.8. The van der Waals surface area contributed by atoms with E-state index in [9.17, 15) is 66.7 Å². The second kappa shape index (κ2) is 32.0.